The second-order valence-corrected chi connectivity index (χ2v) is 8.67. The smallest absolute Gasteiger partial charge is 0.266 e. The van der Waals surface area contributed by atoms with Crippen LogP contribution in [0.5, 0.6) is 0 Å². The molecule has 2 aromatic heterocycles. The average Bonchev–Trinajstić information content (AvgIpc) is 2.81. The summed E-state index contributed by atoms with van der Waals surface area (Å²) in [6.07, 6.45) is -0.860. The summed E-state index contributed by atoms with van der Waals surface area (Å²) in [6.45, 7) is 3.76. The Morgan fingerprint density at radius 1 is 1.20 bits per heavy atom. The van der Waals surface area contributed by atoms with E-state index in [1.807, 2.05) is 0 Å². The molecule has 11 heteroatoms. The summed E-state index contributed by atoms with van der Waals surface area (Å²) in [6, 6.07) is 4.77. The van der Waals surface area contributed by atoms with Gasteiger partial charge in [-0.15, -0.1) is 0 Å². The number of fused-ring (bicyclic) bond motifs is 1. The van der Waals surface area contributed by atoms with Crippen molar-refractivity contribution in [2.75, 3.05) is 18.5 Å². The maximum atomic E-state index is 14.7. The van der Waals surface area contributed by atoms with E-state index < -0.39 is 29.4 Å². The Bertz CT molecular complexity index is 1320. The van der Waals surface area contributed by atoms with E-state index >= 15 is 0 Å². The molecule has 1 atom stereocenters. The molecule has 0 bridgehead atoms. The molecule has 1 aliphatic rings. The van der Waals surface area contributed by atoms with Gasteiger partial charge in [-0.05, 0) is 25.8 Å². The maximum Gasteiger partial charge on any atom is 0.266 e. The highest BCUT2D eigenvalue weighted by atomic mass is 19.3. The molecule has 0 spiro atoms. The number of benzene rings is 1. The standard InChI is InChI=1S/C24H26F3N5O3/c1-13(15-5-4-6-16(19(15)25)20(26)27)30-21-17-11-18(23(34)32(3)22(17)29-12-28-21)24(31-14(2)33)7-9-35-10-8-24/h4-6,11-13,20H,7-10H2,1-3H3,(H,31,33)(H,28,29,30)/t13-/m1/s1. The Kier molecular flexibility index (Phi) is 6.79. The van der Waals surface area contributed by atoms with Crippen LogP contribution in [0, 0.1) is 5.82 Å². The lowest BCUT2D eigenvalue weighted by molar-refractivity contribution is -0.122. The molecule has 0 saturated carbocycles. The van der Waals surface area contributed by atoms with E-state index in [-0.39, 0.29) is 17.0 Å². The van der Waals surface area contributed by atoms with Crippen LogP contribution in [0.15, 0.2) is 35.4 Å². The molecule has 0 radical (unpaired) electrons. The summed E-state index contributed by atoms with van der Waals surface area (Å²) in [5, 5.41) is 6.49. The van der Waals surface area contributed by atoms with Crippen LogP contribution in [0.4, 0.5) is 19.0 Å². The molecule has 186 valence electrons. The number of hydrogen-bond acceptors (Lipinski definition) is 6. The van der Waals surface area contributed by atoms with Crippen molar-refractivity contribution in [2.24, 2.45) is 7.05 Å². The van der Waals surface area contributed by atoms with Crippen molar-refractivity contribution in [1.29, 1.82) is 0 Å². The van der Waals surface area contributed by atoms with Crippen molar-refractivity contribution < 1.29 is 22.7 Å². The Balaban J connectivity index is 1.82. The second kappa shape index (κ2) is 9.65. The Labute approximate surface area is 199 Å². The van der Waals surface area contributed by atoms with Crippen molar-refractivity contribution in [1.82, 2.24) is 19.9 Å². The molecule has 8 nitrogen and oxygen atoms in total. The van der Waals surface area contributed by atoms with Crippen LogP contribution in [0.25, 0.3) is 11.0 Å². The number of aryl methyl sites for hydroxylation is 1. The zero-order valence-electron chi connectivity index (χ0n) is 19.6. The number of anilines is 1. The normalized spacial score (nSPS) is 16.3. The van der Waals surface area contributed by atoms with Crippen LogP contribution in [0.2, 0.25) is 0 Å². The van der Waals surface area contributed by atoms with Gasteiger partial charge in [0.05, 0.1) is 22.5 Å². The van der Waals surface area contributed by atoms with Gasteiger partial charge in [0, 0.05) is 38.3 Å². The number of halogens is 3. The molecule has 3 aromatic rings. The van der Waals surface area contributed by atoms with Gasteiger partial charge in [0.2, 0.25) is 5.91 Å². The van der Waals surface area contributed by atoms with Crippen LogP contribution in [0.3, 0.4) is 0 Å². The quantitative estimate of drug-likeness (QED) is 0.548. The topological polar surface area (TPSA) is 98.1 Å². The predicted octanol–water partition coefficient (Wildman–Crippen LogP) is 3.72. The number of ether oxygens (including phenoxy) is 1. The van der Waals surface area contributed by atoms with Crippen LogP contribution < -0.4 is 16.2 Å². The number of aromatic nitrogens is 3. The first-order valence-corrected chi connectivity index (χ1v) is 11.2. The van der Waals surface area contributed by atoms with Crippen LogP contribution in [-0.4, -0.2) is 33.7 Å². The third kappa shape index (κ3) is 4.60. The van der Waals surface area contributed by atoms with Gasteiger partial charge in [0.25, 0.3) is 12.0 Å². The Morgan fingerprint density at radius 3 is 2.54 bits per heavy atom. The van der Waals surface area contributed by atoms with E-state index in [1.54, 1.807) is 20.0 Å². The average molecular weight is 489 g/mol. The van der Waals surface area contributed by atoms with Crippen LogP contribution >= 0.6 is 0 Å². The molecule has 1 aromatic carbocycles. The molecule has 0 aliphatic carbocycles. The molecule has 1 saturated heterocycles. The van der Waals surface area contributed by atoms with Gasteiger partial charge in [0.1, 0.15) is 23.6 Å². The first-order valence-electron chi connectivity index (χ1n) is 11.2. The fraction of sp³-hybridized carbons (Fsp3) is 0.417. The van der Waals surface area contributed by atoms with Gasteiger partial charge >= 0.3 is 0 Å². The minimum absolute atomic E-state index is 0.0544. The van der Waals surface area contributed by atoms with Crippen molar-refractivity contribution in [3.8, 4) is 0 Å². The summed E-state index contributed by atoms with van der Waals surface area (Å²) >= 11 is 0. The summed E-state index contributed by atoms with van der Waals surface area (Å²) < 4.78 is 47.9. The van der Waals surface area contributed by atoms with Crippen molar-refractivity contribution >= 4 is 22.8 Å². The molecule has 1 aliphatic heterocycles. The minimum Gasteiger partial charge on any atom is -0.381 e. The number of nitrogens with zero attached hydrogens (tertiary/aromatic N) is 3. The fourth-order valence-electron chi connectivity index (χ4n) is 4.60. The number of alkyl halides is 2. The number of rotatable bonds is 6. The summed E-state index contributed by atoms with van der Waals surface area (Å²) in [5.74, 6) is -0.966. The van der Waals surface area contributed by atoms with Crippen molar-refractivity contribution in [3.05, 3.63) is 63.5 Å². The van der Waals surface area contributed by atoms with E-state index in [0.29, 0.717) is 48.5 Å². The number of pyridine rings is 1. The van der Waals surface area contributed by atoms with E-state index in [0.717, 1.165) is 6.07 Å². The van der Waals surface area contributed by atoms with Gasteiger partial charge in [-0.25, -0.2) is 23.1 Å². The largest absolute Gasteiger partial charge is 0.381 e. The van der Waals surface area contributed by atoms with E-state index in [9.17, 15) is 22.8 Å². The van der Waals surface area contributed by atoms with Gasteiger partial charge < -0.3 is 15.4 Å². The predicted molar refractivity (Wildman–Crippen MR) is 124 cm³/mol. The van der Waals surface area contributed by atoms with E-state index in [2.05, 4.69) is 20.6 Å². The molecular formula is C24H26F3N5O3. The minimum atomic E-state index is -2.94. The number of carbonyl (C=O) groups excluding carboxylic acids is 1. The van der Waals surface area contributed by atoms with Crippen molar-refractivity contribution in [2.45, 2.75) is 44.7 Å². The monoisotopic (exact) mass is 489 g/mol. The zero-order chi connectivity index (χ0) is 25.3. The third-order valence-electron chi connectivity index (χ3n) is 6.39. The molecule has 3 heterocycles. The number of carbonyl (C=O) groups is 1. The Hall–Kier alpha value is -3.47. The molecule has 2 N–H and O–H groups in total. The lowest BCUT2D eigenvalue weighted by Gasteiger charge is -2.38. The van der Waals surface area contributed by atoms with Crippen LogP contribution in [-0.2, 0) is 22.1 Å². The fourth-order valence-corrected chi connectivity index (χ4v) is 4.60. The first-order chi connectivity index (χ1) is 16.6. The summed E-state index contributed by atoms with van der Waals surface area (Å²) in [5.41, 5.74) is -1.17. The van der Waals surface area contributed by atoms with E-state index in [1.165, 1.54) is 30.0 Å². The summed E-state index contributed by atoms with van der Waals surface area (Å²) in [7, 11) is 1.57. The second-order valence-electron chi connectivity index (χ2n) is 8.67. The van der Waals surface area contributed by atoms with Crippen LogP contribution in [0.1, 0.15) is 55.8 Å². The summed E-state index contributed by atoms with van der Waals surface area (Å²) in [4.78, 5) is 33.9. The van der Waals surface area contributed by atoms with Crippen molar-refractivity contribution in [3.63, 3.8) is 0 Å². The molecule has 1 amide bonds. The third-order valence-corrected chi connectivity index (χ3v) is 6.39. The lowest BCUT2D eigenvalue weighted by Crippen LogP contribution is -2.52. The highest BCUT2D eigenvalue weighted by Crippen LogP contribution is 2.34. The van der Waals surface area contributed by atoms with E-state index in [4.69, 9.17) is 4.74 Å². The molecule has 35 heavy (non-hydrogen) atoms. The zero-order valence-corrected chi connectivity index (χ0v) is 19.6. The first kappa shape index (κ1) is 24.6. The molecule has 4 rings (SSSR count). The molecule has 1 fully saturated rings. The van der Waals surface area contributed by atoms with Gasteiger partial charge in [-0.2, -0.15) is 0 Å². The van der Waals surface area contributed by atoms with Gasteiger partial charge in [-0.1, -0.05) is 18.2 Å². The number of hydrogen-bond donors (Lipinski definition) is 2. The van der Waals surface area contributed by atoms with Gasteiger partial charge in [0.15, 0.2) is 0 Å². The highest BCUT2D eigenvalue weighted by Gasteiger charge is 2.38. The lowest BCUT2D eigenvalue weighted by atomic mass is 9.82. The number of nitrogens with one attached hydrogen (secondary N) is 2. The maximum absolute atomic E-state index is 14.7. The number of amides is 1. The SMILES string of the molecule is CC(=O)NC1(c2cc3c(N[C@H](C)c4cccc(C(F)F)c4F)ncnc3n(C)c2=O)CCOCC1. The molecular weight excluding hydrogens is 463 g/mol. The highest BCUT2D eigenvalue weighted by molar-refractivity contribution is 5.87. The molecule has 0 unspecified atom stereocenters. The Morgan fingerprint density at radius 2 is 1.89 bits per heavy atom. The van der Waals surface area contributed by atoms with Gasteiger partial charge in [-0.3, -0.25) is 14.2 Å².